The Morgan fingerprint density at radius 2 is 2.38 bits per heavy atom. The minimum absolute atomic E-state index is 0.0388. The van der Waals surface area contributed by atoms with E-state index in [9.17, 15) is 20.0 Å². The maximum Gasteiger partial charge on any atom is 0.324 e. The monoisotopic (exact) mass is 242 g/mol. The Labute approximate surface area is 95.3 Å². The van der Waals surface area contributed by atoms with Gasteiger partial charge in [-0.25, -0.2) is 0 Å². The Bertz CT molecular complexity index is 431. The van der Waals surface area contributed by atoms with Gasteiger partial charge in [0, 0.05) is 19.2 Å². The van der Waals surface area contributed by atoms with Crippen molar-refractivity contribution in [3.63, 3.8) is 0 Å². The smallest absolute Gasteiger partial charge is 0.324 e. The second kappa shape index (κ2) is 4.18. The quantitative estimate of drug-likeness (QED) is 0.616. The summed E-state index contributed by atoms with van der Waals surface area (Å²) in [5.74, 6) is -0.241. The fraction of sp³-hybridized carbons (Fsp3) is 0.444. The normalized spacial score (nSPS) is 20.1. The zero-order valence-electron chi connectivity index (χ0n) is 8.33. The molecule has 16 heavy (non-hydrogen) atoms. The summed E-state index contributed by atoms with van der Waals surface area (Å²) >= 11 is 0.865. The fourth-order valence-electron chi connectivity index (χ4n) is 1.62. The van der Waals surface area contributed by atoms with Crippen LogP contribution in [0.3, 0.4) is 0 Å². The van der Waals surface area contributed by atoms with Crippen molar-refractivity contribution in [1.29, 1.82) is 0 Å². The molecule has 0 unspecified atom stereocenters. The van der Waals surface area contributed by atoms with E-state index in [1.54, 1.807) is 0 Å². The highest BCUT2D eigenvalue weighted by Gasteiger charge is 2.27. The number of rotatable bonds is 2. The van der Waals surface area contributed by atoms with Crippen LogP contribution in [-0.4, -0.2) is 40.0 Å². The Kier molecular flexibility index (Phi) is 2.88. The molecule has 0 aromatic carbocycles. The molecule has 1 atom stereocenters. The summed E-state index contributed by atoms with van der Waals surface area (Å²) in [6.45, 7) is 0.816. The molecule has 0 saturated carbocycles. The van der Waals surface area contributed by atoms with Crippen LogP contribution in [0, 0.1) is 10.1 Å². The zero-order chi connectivity index (χ0) is 11.7. The Hall–Kier alpha value is -1.47. The van der Waals surface area contributed by atoms with Crippen molar-refractivity contribution >= 4 is 22.2 Å². The average molecular weight is 242 g/mol. The molecular formula is C9H10N2O4S. The molecule has 1 aromatic heterocycles. The molecular weight excluding hydrogens is 232 g/mol. The van der Waals surface area contributed by atoms with Crippen molar-refractivity contribution in [2.45, 2.75) is 12.5 Å². The highest BCUT2D eigenvalue weighted by atomic mass is 32.1. The van der Waals surface area contributed by atoms with Crippen LogP contribution in [0.15, 0.2) is 12.1 Å². The molecule has 1 aliphatic rings. The SMILES string of the molecule is O=C(c1ccc([N+](=O)[O-])s1)N1CC[C@H](O)C1. The molecule has 0 aliphatic carbocycles. The summed E-state index contributed by atoms with van der Waals surface area (Å²) in [5, 5.41) is 19.7. The number of hydrogen-bond acceptors (Lipinski definition) is 5. The van der Waals surface area contributed by atoms with Gasteiger partial charge in [-0.15, -0.1) is 0 Å². The lowest BCUT2D eigenvalue weighted by atomic mass is 10.3. The number of aliphatic hydroxyl groups excluding tert-OH is 1. The molecule has 2 rings (SSSR count). The molecule has 2 heterocycles. The highest BCUT2D eigenvalue weighted by Crippen LogP contribution is 2.26. The number of hydrogen-bond donors (Lipinski definition) is 1. The van der Waals surface area contributed by atoms with Crippen LogP contribution >= 0.6 is 11.3 Å². The molecule has 1 aromatic rings. The summed E-state index contributed by atoms with van der Waals surface area (Å²) in [5.41, 5.74) is 0. The van der Waals surface area contributed by atoms with Gasteiger partial charge >= 0.3 is 5.00 Å². The number of carbonyl (C=O) groups is 1. The van der Waals surface area contributed by atoms with Gasteiger partial charge in [0.1, 0.15) is 0 Å². The van der Waals surface area contributed by atoms with Crippen LogP contribution in [0.4, 0.5) is 5.00 Å². The van der Waals surface area contributed by atoms with Gasteiger partial charge in [0.05, 0.1) is 15.9 Å². The van der Waals surface area contributed by atoms with E-state index in [1.807, 2.05) is 0 Å². The first-order valence-corrected chi connectivity index (χ1v) is 5.61. The molecule has 0 spiro atoms. The predicted octanol–water partition coefficient (Wildman–Crippen LogP) is 0.863. The van der Waals surface area contributed by atoms with Crippen LogP contribution in [0.2, 0.25) is 0 Å². The molecule has 1 amide bonds. The maximum atomic E-state index is 11.8. The lowest BCUT2D eigenvalue weighted by Crippen LogP contribution is -2.28. The van der Waals surface area contributed by atoms with Crippen molar-refractivity contribution in [3.05, 3.63) is 27.1 Å². The van der Waals surface area contributed by atoms with Gasteiger partial charge in [-0.2, -0.15) is 0 Å². The minimum atomic E-state index is -0.514. The van der Waals surface area contributed by atoms with E-state index in [-0.39, 0.29) is 10.9 Å². The van der Waals surface area contributed by atoms with E-state index in [1.165, 1.54) is 17.0 Å². The summed E-state index contributed by atoms with van der Waals surface area (Å²) in [7, 11) is 0. The Balaban J connectivity index is 2.11. The first-order chi connectivity index (χ1) is 7.58. The van der Waals surface area contributed by atoms with E-state index in [0.29, 0.717) is 24.4 Å². The summed E-state index contributed by atoms with van der Waals surface area (Å²) in [6, 6.07) is 2.78. The average Bonchev–Trinajstić information content (AvgIpc) is 2.84. The number of likely N-dealkylation sites (tertiary alicyclic amines) is 1. The topological polar surface area (TPSA) is 83.7 Å². The van der Waals surface area contributed by atoms with Crippen molar-refractivity contribution < 1.29 is 14.8 Å². The third-order valence-electron chi connectivity index (χ3n) is 2.43. The van der Waals surface area contributed by atoms with Gasteiger partial charge in [0.25, 0.3) is 5.91 Å². The second-order valence-electron chi connectivity index (χ2n) is 3.59. The van der Waals surface area contributed by atoms with E-state index < -0.39 is 11.0 Å². The van der Waals surface area contributed by atoms with Crippen LogP contribution < -0.4 is 0 Å². The number of amides is 1. The molecule has 7 heteroatoms. The summed E-state index contributed by atoms with van der Waals surface area (Å²) in [6.07, 6.45) is 0.0954. The molecule has 1 N–H and O–H groups in total. The summed E-state index contributed by atoms with van der Waals surface area (Å²) < 4.78 is 0. The molecule has 1 fully saturated rings. The van der Waals surface area contributed by atoms with E-state index >= 15 is 0 Å². The fourth-order valence-corrected chi connectivity index (χ4v) is 2.41. The number of carbonyl (C=O) groups excluding carboxylic acids is 1. The molecule has 0 radical (unpaired) electrons. The van der Waals surface area contributed by atoms with Gasteiger partial charge < -0.3 is 10.0 Å². The van der Waals surface area contributed by atoms with E-state index in [0.717, 1.165) is 11.3 Å². The standard InChI is InChI=1S/C9H10N2O4S/c12-6-3-4-10(5-6)9(13)7-1-2-8(16-7)11(14)15/h1-2,6,12H,3-5H2/t6-/m0/s1. The number of nitrogens with zero attached hydrogens (tertiary/aromatic N) is 2. The van der Waals surface area contributed by atoms with Gasteiger partial charge in [-0.3, -0.25) is 14.9 Å². The van der Waals surface area contributed by atoms with Crippen LogP contribution in [0.1, 0.15) is 16.1 Å². The Morgan fingerprint density at radius 1 is 1.62 bits per heavy atom. The first-order valence-electron chi connectivity index (χ1n) is 4.79. The van der Waals surface area contributed by atoms with Gasteiger partial charge in [-0.1, -0.05) is 11.3 Å². The van der Waals surface area contributed by atoms with Gasteiger partial charge in [0.2, 0.25) is 0 Å². The van der Waals surface area contributed by atoms with Crippen molar-refractivity contribution in [3.8, 4) is 0 Å². The molecule has 1 saturated heterocycles. The molecule has 1 aliphatic heterocycles. The Morgan fingerprint density at radius 3 is 2.88 bits per heavy atom. The van der Waals surface area contributed by atoms with Crippen LogP contribution in [0.5, 0.6) is 0 Å². The predicted molar refractivity (Wildman–Crippen MR) is 57.5 cm³/mol. The second-order valence-corrected chi connectivity index (χ2v) is 4.65. The van der Waals surface area contributed by atoms with Crippen molar-refractivity contribution in [1.82, 2.24) is 4.90 Å². The number of thiophene rings is 1. The van der Waals surface area contributed by atoms with Crippen LogP contribution in [0.25, 0.3) is 0 Å². The maximum absolute atomic E-state index is 11.8. The zero-order valence-corrected chi connectivity index (χ0v) is 9.14. The van der Waals surface area contributed by atoms with Crippen molar-refractivity contribution in [2.75, 3.05) is 13.1 Å². The van der Waals surface area contributed by atoms with Gasteiger partial charge in [-0.05, 0) is 12.5 Å². The van der Waals surface area contributed by atoms with Gasteiger partial charge in [0.15, 0.2) is 0 Å². The largest absolute Gasteiger partial charge is 0.391 e. The third kappa shape index (κ3) is 2.05. The minimum Gasteiger partial charge on any atom is -0.391 e. The lowest BCUT2D eigenvalue weighted by Gasteiger charge is -2.13. The van der Waals surface area contributed by atoms with E-state index in [2.05, 4.69) is 0 Å². The number of nitro groups is 1. The van der Waals surface area contributed by atoms with E-state index in [4.69, 9.17) is 0 Å². The molecule has 0 bridgehead atoms. The third-order valence-corrected chi connectivity index (χ3v) is 3.46. The number of β-amino-alcohol motifs (C(OH)–C–C–N with tert-alkyl or cyclic N) is 1. The first kappa shape index (κ1) is 11.0. The van der Waals surface area contributed by atoms with Crippen molar-refractivity contribution in [2.24, 2.45) is 0 Å². The van der Waals surface area contributed by atoms with Crippen LogP contribution in [-0.2, 0) is 0 Å². The lowest BCUT2D eigenvalue weighted by molar-refractivity contribution is -0.380. The summed E-state index contributed by atoms with van der Waals surface area (Å²) in [4.78, 5) is 23.6. The highest BCUT2D eigenvalue weighted by molar-refractivity contribution is 7.17. The molecule has 6 nitrogen and oxygen atoms in total. The number of aliphatic hydroxyl groups is 1. The molecule has 86 valence electrons.